The maximum absolute atomic E-state index is 12.5. The van der Waals surface area contributed by atoms with Crippen LogP contribution >= 0.6 is 11.6 Å². The number of guanidine groups is 1. The number of hydrogen-bond donors (Lipinski definition) is 3. The van der Waals surface area contributed by atoms with E-state index in [0.29, 0.717) is 17.3 Å². The van der Waals surface area contributed by atoms with Crippen LogP contribution in [0, 0.1) is 5.92 Å². The average molecular weight is 356 g/mol. The molecule has 1 heterocycles. The molecule has 0 aliphatic heterocycles. The number of aromatic nitrogens is 1. The van der Waals surface area contributed by atoms with Gasteiger partial charge in [-0.15, -0.1) is 0 Å². The molecule has 1 atom stereocenters. The first-order chi connectivity index (χ1) is 10.8. The number of pyridine rings is 1. The molecule has 0 bridgehead atoms. The molecule has 1 aromatic heterocycles. The van der Waals surface area contributed by atoms with Gasteiger partial charge in [0.1, 0.15) is 5.15 Å². The van der Waals surface area contributed by atoms with E-state index in [9.17, 15) is 8.42 Å². The number of fused-ring (bicyclic) bond motifs is 1. The number of nitrogens with one attached hydrogen (secondary N) is 1. The number of aliphatic imine (C=N–C) groups is 1. The van der Waals surface area contributed by atoms with Crippen LogP contribution in [-0.4, -0.2) is 32.5 Å². The van der Waals surface area contributed by atoms with Crippen molar-refractivity contribution in [2.75, 3.05) is 13.1 Å². The quantitative estimate of drug-likeness (QED) is 0.406. The number of halogens is 1. The summed E-state index contributed by atoms with van der Waals surface area (Å²) in [6, 6.07) is 6.51. The summed E-state index contributed by atoms with van der Waals surface area (Å²) in [4.78, 5) is 7.99. The minimum absolute atomic E-state index is 0.0177. The van der Waals surface area contributed by atoms with Crippen molar-refractivity contribution in [1.29, 1.82) is 0 Å². The molecule has 0 aliphatic carbocycles. The Morgan fingerprint density at radius 1 is 1.35 bits per heavy atom. The molecule has 7 nitrogen and oxygen atoms in total. The summed E-state index contributed by atoms with van der Waals surface area (Å²) in [6.07, 6.45) is 1.48. The van der Waals surface area contributed by atoms with Gasteiger partial charge < -0.3 is 11.5 Å². The van der Waals surface area contributed by atoms with Crippen LogP contribution in [0.3, 0.4) is 0 Å². The fourth-order valence-electron chi connectivity index (χ4n) is 2.03. The van der Waals surface area contributed by atoms with Gasteiger partial charge in [-0.2, -0.15) is 0 Å². The summed E-state index contributed by atoms with van der Waals surface area (Å²) >= 11 is 6.01. The molecule has 0 amide bonds. The van der Waals surface area contributed by atoms with Crippen molar-refractivity contribution in [2.24, 2.45) is 22.4 Å². The number of sulfonamides is 1. The molecule has 23 heavy (non-hydrogen) atoms. The van der Waals surface area contributed by atoms with Gasteiger partial charge in [-0.1, -0.05) is 30.7 Å². The summed E-state index contributed by atoms with van der Waals surface area (Å²) in [6.45, 7) is 2.41. The predicted molar refractivity (Wildman–Crippen MR) is 91.8 cm³/mol. The summed E-state index contributed by atoms with van der Waals surface area (Å²) < 4.78 is 27.6. The zero-order valence-electron chi connectivity index (χ0n) is 12.5. The van der Waals surface area contributed by atoms with Crippen LogP contribution in [0.1, 0.15) is 6.92 Å². The van der Waals surface area contributed by atoms with Crippen LogP contribution in [0.2, 0.25) is 5.15 Å². The molecule has 0 saturated carbocycles. The van der Waals surface area contributed by atoms with Crippen molar-refractivity contribution in [2.45, 2.75) is 11.8 Å². The summed E-state index contributed by atoms with van der Waals surface area (Å²) in [7, 11) is -3.68. The van der Waals surface area contributed by atoms with Crippen LogP contribution in [-0.2, 0) is 10.0 Å². The third-order valence-corrected chi connectivity index (χ3v) is 5.00. The minimum atomic E-state index is -3.68. The zero-order chi connectivity index (χ0) is 17.0. The second kappa shape index (κ2) is 7.12. The molecular weight excluding hydrogens is 338 g/mol. The third-order valence-electron chi connectivity index (χ3n) is 3.21. The molecule has 0 saturated heterocycles. The standard InChI is InChI=1S/C14H18ClN5O2S/c1-9(7-19-14(16)17)8-20-23(21,22)12-4-2-3-11-10(12)5-6-18-13(11)15/h2-6,9,20H,7-8H2,1H3,(H4,16,17,19). The first-order valence-electron chi connectivity index (χ1n) is 6.89. The second-order valence-electron chi connectivity index (χ2n) is 5.18. The monoisotopic (exact) mass is 355 g/mol. The Hall–Kier alpha value is -1.90. The Kier molecular flexibility index (Phi) is 5.40. The highest BCUT2D eigenvalue weighted by molar-refractivity contribution is 7.89. The molecule has 0 aliphatic rings. The van der Waals surface area contributed by atoms with Gasteiger partial charge in [0.05, 0.1) is 4.90 Å². The van der Waals surface area contributed by atoms with Crippen molar-refractivity contribution < 1.29 is 8.42 Å². The van der Waals surface area contributed by atoms with Gasteiger partial charge in [-0.25, -0.2) is 18.1 Å². The second-order valence-corrected chi connectivity index (χ2v) is 7.27. The predicted octanol–water partition coefficient (Wildman–Crippen LogP) is 1.08. The molecule has 0 radical (unpaired) electrons. The molecule has 1 aromatic carbocycles. The number of rotatable bonds is 6. The number of hydrogen-bond acceptors (Lipinski definition) is 4. The van der Waals surface area contributed by atoms with E-state index in [4.69, 9.17) is 23.1 Å². The first kappa shape index (κ1) is 17.5. The molecule has 9 heteroatoms. The van der Waals surface area contributed by atoms with Gasteiger partial charge in [-0.05, 0) is 18.1 Å². The van der Waals surface area contributed by atoms with Gasteiger partial charge >= 0.3 is 0 Å². The van der Waals surface area contributed by atoms with E-state index < -0.39 is 10.0 Å². The third kappa shape index (κ3) is 4.31. The molecular formula is C14H18ClN5O2S. The Bertz CT molecular complexity index is 834. The smallest absolute Gasteiger partial charge is 0.241 e. The fraction of sp³-hybridized carbons (Fsp3) is 0.286. The van der Waals surface area contributed by atoms with Crippen molar-refractivity contribution in [1.82, 2.24) is 9.71 Å². The highest BCUT2D eigenvalue weighted by Gasteiger charge is 2.18. The number of nitrogens with zero attached hydrogens (tertiary/aromatic N) is 2. The maximum atomic E-state index is 12.5. The summed E-state index contributed by atoms with van der Waals surface area (Å²) in [5.74, 6) is -0.0667. The normalized spacial score (nSPS) is 13.0. The lowest BCUT2D eigenvalue weighted by Gasteiger charge is -2.13. The van der Waals surface area contributed by atoms with Crippen molar-refractivity contribution in [3.63, 3.8) is 0 Å². The van der Waals surface area contributed by atoms with Crippen LogP contribution in [0.5, 0.6) is 0 Å². The van der Waals surface area contributed by atoms with Gasteiger partial charge in [0.15, 0.2) is 5.96 Å². The van der Waals surface area contributed by atoms with E-state index in [2.05, 4.69) is 14.7 Å². The lowest BCUT2D eigenvalue weighted by atomic mass is 10.2. The topological polar surface area (TPSA) is 123 Å². The van der Waals surface area contributed by atoms with Gasteiger partial charge in [-0.3, -0.25) is 4.99 Å². The van der Waals surface area contributed by atoms with Gasteiger partial charge in [0, 0.05) is 30.1 Å². The number of nitrogens with two attached hydrogens (primary N) is 2. The number of benzene rings is 1. The van der Waals surface area contributed by atoms with E-state index in [1.807, 2.05) is 6.92 Å². The van der Waals surface area contributed by atoms with E-state index in [1.54, 1.807) is 18.2 Å². The van der Waals surface area contributed by atoms with Crippen LogP contribution in [0.25, 0.3) is 10.8 Å². The van der Waals surface area contributed by atoms with E-state index >= 15 is 0 Å². The molecule has 5 N–H and O–H groups in total. The fourth-order valence-corrected chi connectivity index (χ4v) is 3.64. The summed E-state index contributed by atoms with van der Waals surface area (Å²) in [5.41, 5.74) is 10.5. The van der Waals surface area contributed by atoms with Crippen LogP contribution < -0.4 is 16.2 Å². The Morgan fingerprint density at radius 3 is 2.78 bits per heavy atom. The van der Waals surface area contributed by atoms with Gasteiger partial charge in [0.25, 0.3) is 0 Å². The van der Waals surface area contributed by atoms with Crippen LogP contribution in [0.15, 0.2) is 40.4 Å². The minimum Gasteiger partial charge on any atom is -0.370 e. The average Bonchev–Trinajstić information content (AvgIpc) is 2.51. The van der Waals surface area contributed by atoms with E-state index in [0.717, 1.165) is 0 Å². The molecule has 0 spiro atoms. The Balaban J connectivity index is 2.24. The van der Waals surface area contributed by atoms with E-state index in [1.165, 1.54) is 12.3 Å². The Labute approximate surface area is 139 Å². The van der Waals surface area contributed by atoms with Crippen LogP contribution in [0.4, 0.5) is 0 Å². The van der Waals surface area contributed by atoms with Crippen molar-refractivity contribution in [3.05, 3.63) is 35.6 Å². The first-order valence-corrected chi connectivity index (χ1v) is 8.75. The lowest BCUT2D eigenvalue weighted by Crippen LogP contribution is -2.30. The molecule has 2 aromatic rings. The summed E-state index contributed by atoms with van der Waals surface area (Å²) in [5, 5.41) is 1.38. The highest BCUT2D eigenvalue weighted by Crippen LogP contribution is 2.26. The molecule has 124 valence electrons. The molecule has 0 fully saturated rings. The zero-order valence-corrected chi connectivity index (χ0v) is 14.1. The van der Waals surface area contributed by atoms with Gasteiger partial charge in [0.2, 0.25) is 10.0 Å². The Morgan fingerprint density at radius 2 is 2.09 bits per heavy atom. The maximum Gasteiger partial charge on any atom is 0.241 e. The van der Waals surface area contributed by atoms with Crippen molar-refractivity contribution >= 4 is 38.4 Å². The largest absolute Gasteiger partial charge is 0.370 e. The molecule has 1 unspecified atom stereocenters. The molecule has 2 rings (SSSR count). The van der Waals surface area contributed by atoms with Crippen molar-refractivity contribution in [3.8, 4) is 0 Å². The highest BCUT2D eigenvalue weighted by atomic mass is 35.5. The SMILES string of the molecule is CC(CN=C(N)N)CNS(=O)(=O)c1cccc2c(Cl)nccc12. The lowest BCUT2D eigenvalue weighted by molar-refractivity contribution is 0.546. The van der Waals surface area contributed by atoms with E-state index in [-0.39, 0.29) is 28.5 Å².